The molecular formula is C16H15NO4. The van der Waals surface area contributed by atoms with Crippen LogP contribution in [-0.2, 0) is 16.0 Å². The summed E-state index contributed by atoms with van der Waals surface area (Å²) >= 11 is 0. The summed E-state index contributed by atoms with van der Waals surface area (Å²) in [6, 6.07) is 13.8. The van der Waals surface area contributed by atoms with Crippen LogP contribution in [-0.4, -0.2) is 22.1 Å². The lowest BCUT2D eigenvalue weighted by molar-refractivity contribution is -0.142. The van der Waals surface area contributed by atoms with Gasteiger partial charge in [-0.05, 0) is 11.6 Å². The zero-order valence-electron chi connectivity index (χ0n) is 11.2. The molecule has 3 N–H and O–H groups in total. The summed E-state index contributed by atoms with van der Waals surface area (Å²) in [4.78, 5) is 23.3. The molecule has 2 aromatic rings. The van der Waals surface area contributed by atoms with E-state index >= 15 is 0 Å². The van der Waals surface area contributed by atoms with Crippen LogP contribution < -0.4 is 5.32 Å². The Kier molecular flexibility index (Phi) is 4.56. The lowest BCUT2D eigenvalue weighted by atomic mass is 10.0. The minimum atomic E-state index is -1.28. The topological polar surface area (TPSA) is 86.6 Å². The molecule has 0 aliphatic heterocycles. The molecule has 2 rings (SSSR count). The van der Waals surface area contributed by atoms with E-state index in [1.165, 1.54) is 12.1 Å². The first-order valence-electron chi connectivity index (χ1n) is 6.42. The van der Waals surface area contributed by atoms with Crippen LogP contribution in [0.25, 0.3) is 0 Å². The number of phenolic OH excluding ortho intramolecular Hbond substituents is 1. The lowest BCUT2D eigenvalue weighted by Crippen LogP contribution is -2.34. The molecule has 5 heteroatoms. The van der Waals surface area contributed by atoms with Gasteiger partial charge < -0.3 is 15.5 Å². The Hall–Kier alpha value is -2.82. The number of aromatic hydroxyl groups is 1. The Morgan fingerprint density at radius 3 is 2.24 bits per heavy atom. The predicted molar refractivity (Wildman–Crippen MR) is 76.8 cm³/mol. The van der Waals surface area contributed by atoms with Gasteiger partial charge in [0, 0.05) is 5.56 Å². The quantitative estimate of drug-likeness (QED) is 0.782. The highest BCUT2D eigenvalue weighted by Crippen LogP contribution is 2.23. The van der Waals surface area contributed by atoms with Gasteiger partial charge in [0.2, 0.25) is 5.91 Å². The summed E-state index contributed by atoms with van der Waals surface area (Å²) in [5.41, 5.74) is 0.947. The number of nitrogens with one attached hydrogen (secondary N) is 1. The molecule has 0 fully saturated rings. The van der Waals surface area contributed by atoms with Crippen LogP contribution in [0.3, 0.4) is 0 Å². The summed E-state index contributed by atoms with van der Waals surface area (Å²) in [5.74, 6) is -1.81. The second-order valence-electron chi connectivity index (χ2n) is 4.56. The number of carbonyl (C=O) groups excluding carboxylic acids is 1. The smallest absolute Gasteiger partial charge is 0.331 e. The van der Waals surface area contributed by atoms with Gasteiger partial charge in [-0.2, -0.15) is 0 Å². The number of hydrogen-bond donors (Lipinski definition) is 3. The van der Waals surface area contributed by atoms with E-state index in [0.29, 0.717) is 0 Å². The summed E-state index contributed by atoms with van der Waals surface area (Å²) < 4.78 is 0. The molecule has 21 heavy (non-hydrogen) atoms. The van der Waals surface area contributed by atoms with Crippen molar-refractivity contribution in [2.75, 3.05) is 0 Å². The SMILES string of the molecule is O=C(Cc1ccccc1)NC(C(=O)O)c1ccccc1O. The van der Waals surface area contributed by atoms with Gasteiger partial charge in [-0.25, -0.2) is 4.79 Å². The van der Waals surface area contributed by atoms with Crippen LogP contribution in [0.15, 0.2) is 54.6 Å². The molecule has 0 aliphatic rings. The molecule has 5 nitrogen and oxygen atoms in total. The Morgan fingerprint density at radius 1 is 1.00 bits per heavy atom. The first-order valence-corrected chi connectivity index (χ1v) is 6.42. The van der Waals surface area contributed by atoms with Crippen molar-refractivity contribution in [3.05, 3.63) is 65.7 Å². The van der Waals surface area contributed by atoms with E-state index in [9.17, 15) is 19.8 Å². The van der Waals surface area contributed by atoms with Gasteiger partial charge in [0.05, 0.1) is 6.42 Å². The molecule has 1 atom stereocenters. The number of benzene rings is 2. The number of para-hydroxylation sites is 1. The summed E-state index contributed by atoms with van der Waals surface area (Å²) in [7, 11) is 0. The van der Waals surface area contributed by atoms with E-state index in [2.05, 4.69) is 5.32 Å². The number of aliphatic carboxylic acids is 1. The number of rotatable bonds is 5. The maximum absolute atomic E-state index is 12.0. The Morgan fingerprint density at radius 2 is 1.62 bits per heavy atom. The first-order chi connectivity index (χ1) is 10.1. The largest absolute Gasteiger partial charge is 0.508 e. The van der Waals surface area contributed by atoms with Gasteiger partial charge in [0.25, 0.3) is 0 Å². The summed E-state index contributed by atoms with van der Waals surface area (Å²) in [5, 5.41) is 21.4. The third-order valence-electron chi connectivity index (χ3n) is 3.01. The number of phenols is 1. The third kappa shape index (κ3) is 3.82. The molecule has 0 heterocycles. The van der Waals surface area contributed by atoms with Gasteiger partial charge in [-0.3, -0.25) is 4.79 Å². The van der Waals surface area contributed by atoms with Crippen LogP contribution in [0.1, 0.15) is 17.2 Å². The average molecular weight is 285 g/mol. The molecule has 0 bridgehead atoms. The second kappa shape index (κ2) is 6.56. The fraction of sp³-hybridized carbons (Fsp3) is 0.125. The van der Waals surface area contributed by atoms with Gasteiger partial charge in [0.1, 0.15) is 5.75 Å². The molecule has 0 saturated carbocycles. The van der Waals surface area contributed by atoms with E-state index in [4.69, 9.17) is 0 Å². The summed E-state index contributed by atoms with van der Waals surface area (Å²) in [6.07, 6.45) is 0.0816. The molecule has 0 aliphatic carbocycles. The average Bonchev–Trinajstić information content (AvgIpc) is 2.46. The zero-order valence-corrected chi connectivity index (χ0v) is 11.2. The highest BCUT2D eigenvalue weighted by atomic mass is 16.4. The van der Waals surface area contributed by atoms with Gasteiger partial charge >= 0.3 is 5.97 Å². The maximum Gasteiger partial charge on any atom is 0.331 e. The van der Waals surface area contributed by atoms with E-state index < -0.39 is 17.9 Å². The zero-order chi connectivity index (χ0) is 15.2. The van der Waals surface area contributed by atoms with E-state index in [1.54, 1.807) is 36.4 Å². The molecule has 0 aromatic heterocycles. The number of carboxylic acid groups (broad SMARTS) is 1. The fourth-order valence-electron chi connectivity index (χ4n) is 2.00. The first kappa shape index (κ1) is 14.6. The van der Waals surface area contributed by atoms with Crippen molar-refractivity contribution in [1.29, 1.82) is 0 Å². The minimum absolute atomic E-state index is 0.0816. The molecule has 2 aromatic carbocycles. The van der Waals surface area contributed by atoms with Gasteiger partial charge in [-0.1, -0.05) is 48.5 Å². The summed E-state index contributed by atoms with van der Waals surface area (Å²) in [6.45, 7) is 0. The number of hydrogen-bond acceptors (Lipinski definition) is 3. The number of carboxylic acids is 1. The molecule has 0 spiro atoms. The van der Waals surface area contributed by atoms with Crippen LogP contribution in [0.2, 0.25) is 0 Å². The van der Waals surface area contributed by atoms with Crippen molar-refractivity contribution < 1.29 is 19.8 Å². The standard InChI is InChI=1S/C16H15NO4/c18-13-9-5-4-8-12(13)15(16(20)21)17-14(19)10-11-6-2-1-3-7-11/h1-9,15,18H,10H2,(H,17,19)(H,20,21). The Labute approximate surface area is 121 Å². The van der Waals surface area contributed by atoms with Crippen molar-refractivity contribution in [2.45, 2.75) is 12.5 Å². The van der Waals surface area contributed by atoms with Crippen molar-refractivity contribution >= 4 is 11.9 Å². The minimum Gasteiger partial charge on any atom is -0.508 e. The van der Waals surface area contributed by atoms with E-state index in [1.807, 2.05) is 6.07 Å². The van der Waals surface area contributed by atoms with Crippen molar-refractivity contribution in [1.82, 2.24) is 5.32 Å². The fourth-order valence-corrected chi connectivity index (χ4v) is 2.00. The molecular weight excluding hydrogens is 270 g/mol. The van der Waals surface area contributed by atoms with Crippen LogP contribution in [0, 0.1) is 0 Å². The monoisotopic (exact) mass is 285 g/mol. The van der Waals surface area contributed by atoms with Crippen LogP contribution >= 0.6 is 0 Å². The van der Waals surface area contributed by atoms with Crippen molar-refractivity contribution in [3.8, 4) is 5.75 Å². The molecule has 108 valence electrons. The Bertz CT molecular complexity index is 640. The normalized spacial score (nSPS) is 11.6. The number of amides is 1. The predicted octanol–water partition coefficient (Wildman–Crippen LogP) is 1.88. The molecule has 0 radical (unpaired) electrons. The highest BCUT2D eigenvalue weighted by Gasteiger charge is 2.24. The lowest BCUT2D eigenvalue weighted by Gasteiger charge is -2.16. The van der Waals surface area contributed by atoms with Crippen molar-refractivity contribution in [2.24, 2.45) is 0 Å². The highest BCUT2D eigenvalue weighted by molar-refractivity contribution is 5.86. The van der Waals surface area contributed by atoms with Crippen molar-refractivity contribution in [3.63, 3.8) is 0 Å². The third-order valence-corrected chi connectivity index (χ3v) is 3.01. The van der Waals surface area contributed by atoms with E-state index in [-0.39, 0.29) is 17.7 Å². The maximum atomic E-state index is 12.0. The molecule has 1 unspecified atom stereocenters. The Balaban J connectivity index is 2.12. The van der Waals surface area contributed by atoms with Crippen LogP contribution in [0.4, 0.5) is 0 Å². The van der Waals surface area contributed by atoms with Gasteiger partial charge in [0.15, 0.2) is 6.04 Å². The second-order valence-corrected chi connectivity index (χ2v) is 4.56. The number of carbonyl (C=O) groups is 2. The van der Waals surface area contributed by atoms with E-state index in [0.717, 1.165) is 5.56 Å². The molecule has 1 amide bonds. The molecule has 0 saturated heterocycles. The van der Waals surface area contributed by atoms with Gasteiger partial charge in [-0.15, -0.1) is 0 Å². The van der Waals surface area contributed by atoms with Crippen LogP contribution in [0.5, 0.6) is 5.75 Å².